The minimum absolute atomic E-state index is 0.000978. The molecule has 1 fully saturated rings. The number of hydrogen-bond acceptors (Lipinski definition) is 4. The summed E-state index contributed by atoms with van der Waals surface area (Å²) < 4.78 is 1.52. The zero-order valence-corrected chi connectivity index (χ0v) is 14.1. The number of fused-ring (bicyclic) bond motifs is 1. The molecule has 4 rings (SSSR count). The van der Waals surface area contributed by atoms with Crippen LogP contribution in [0.25, 0.3) is 16.8 Å². The molecule has 3 aromatic rings. The molecular weight excluding hydrogens is 316 g/mol. The number of benzene rings is 1. The molecule has 1 aliphatic rings. The van der Waals surface area contributed by atoms with Crippen molar-refractivity contribution in [2.24, 2.45) is 0 Å². The monoisotopic (exact) mass is 336 g/mol. The minimum atomic E-state index is -1.05. The van der Waals surface area contributed by atoms with E-state index in [2.05, 4.69) is 40.1 Å². The number of carboxylic acids is 1. The number of carbonyl (C=O) groups is 1. The van der Waals surface area contributed by atoms with Gasteiger partial charge in [0.05, 0.1) is 0 Å². The van der Waals surface area contributed by atoms with E-state index in [-0.39, 0.29) is 5.69 Å². The van der Waals surface area contributed by atoms with Gasteiger partial charge in [0.2, 0.25) is 0 Å². The average molecular weight is 336 g/mol. The first-order chi connectivity index (χ1) is 12.1. The Morgan fingerprint density at radius 1 is 1.20 bits per heavy atom. The molecule has 6 nitrogen and oxygen atoms in total. The molecule has 0 spiro atoms. The first kappa shape index (κ1) is 15.8. The van der Waals surface area contributed by atoms with E-state index in [9.17, 15) is 4.79 Å². The van der Waals surface area contributed by atoms with Crippen LogP contribution in [0.15, 0.2) is 42.7 Å². The van der Waals surface area contributed by atoms with Crippen molar-refractivity contribution in [1.29, 1.82) is 0 Å². The largest absolute Gasteiger partial charge is 0.476 e. The van der Waals surface area contributed by atoms with E-state index in [0.717, 1.165) is 24.2 Å². The van der Waals surface area contributed by atoms with Crippen molar-refractivity contribution in [2.45, 2.75) is 25.8 Å². The van der Waals surface area contributed by atoms with Crippen molar-refractivity contribution in [2.75, 3.05) is 13.1 Å². The number of nitrogens with zero attached hydrogens (tertiary/aromatic N) is 4. The van der Waals surface area contributed by atoms with E-state index in [1.54, 1.807) is 6.20 Å². The summed E-state index contributed by atoms with van der Waals surface area (Å²) in [6, 6.07) is 10.3. The van der Waals surface area contributed by atoms with Crippen molar-refractivity contribution < 1.29 is 9.90 Å². The van der Waals surface area contributed by atoms with E-state index in [4.69, 9.17) is 5.11 Å². The fourth-order valence-corrected chi connectivity index (χ4v) is 3.45. The van der Waals surface area contributed by atoms with Crippen molar-refractivity contribution in [1.82, 2.24) is 19.5 Å². The summed E-state index contributed by atoms with van der Waals surface area (Å²) in [6.45, 7) is 4.56. The fraction of sp³-hybridized carbons (Fsp3) is 0.316. The first-order valence-corrected chi connectivity index (χ1v) is 8.55. The topological polar surface area (TPSA) is 70.7 Å². The van der Waals surface area contributed by atoms with E-state index in [1.165, 1.54) is 29.0 Å². The molecule has 3 heterocycles. The average Bonchev–Trinajstić information content (AvgIpc) is 3.30. The van der Waals surface area contributed by atoms with Crippen LogP contribution in [-0.4, -0.2) is 43.7 Å². The second-order valence-electron chi connectivity index (χ2n) is 6.52. The molecule has 25 heavy (non-hydrogen) atoms. The highest BCUT2D eigenvalue weighted by molar-refractivity contribution is 5.86. The van der Waals surface area contributed by atoms with Crippen LogP contribution in [0.3, 0.4) is 0 Å². The molecule has 1 atom stereocenters. The molecule has 0 aliphatic carbocycles. The summed E-state index contributed by atoms with van der Waals surface area (Å²) in [6.07, 6.45) is 6.14. The highest BCUT2D eigenvalue weighted by Gasteiger charge is 2.19. The smallest absolute Gasteiger partial charge is 0.356 e. The van der Waals surface area contributed by atoms with E-state index < -0.39 is 5.97 Å². The Morgan fingerprint density at radius 3 is 2.76 bits per heavy atom. The SMILES string of the molecule is C[C@H](c1cccc(-c2cnc3cc(C(=O)O)nn3c2)c1)N1CCCC1. The van der Waals surface area contributed by atoms with Gasteiger partial charge in [-0.25, -0.2) is 14.3 Å². The van der Waals surface area contributed by atoms with Gasteiger partial charge in [-0.1, -0.05) is 18.2 Å². The van der Waals surface area contributed by atoms with Crippen LogP contribution in [-0.2, 0) is 0 Å². The van der Waals surface area contributed by atoms with Gasteiger partial charge in [0, 0.05) is 30.1 Å². The summed E-state index contributed by atoms with van der Waals surface area (Å²) >= 11 is 0. The molecule has 128 valence electrons. The van der Waals surface area contributed by atoms with Crippen LogP contribution >= 0.6 is 0 Å². The van der Waals surface area contributed by atoms with E-state index >= 15 is 0 Å². The van der Waals surface area contributed by atoms with Crippen molar-refractivity contribution >= 4 is 11.6 Å². The Bertz CT molecular complexity index is 928. The minimum Gasteiger partial charge on any atom is -0.476 e. The van der Waals surface area contributed by atoms with Gasteiger partial charge in [-0.15, -0.1) is 0 Å². The van der Waals surface area contributed by atoms with Crippen molar-refractivity contribution in [3.63, 3.8) is 0 Å². The molecule has 0 amide bonds. The lowest BCUT2D eigenvalue weighted by molar-refractivity contribution is 0.0690. The summed E-state index contributed by atoms with van der Waals surface area (Å²) in [7, 11) is 0. The molecule has 1 aromatic carbocycles. The van der Waals surface area contributed by atoms with Gasteiger partial charge in [0.1, 0.15) is 0 Å². The standard InChI is InChI=1S/C19H20N4O2/c1-13(22-7-2-3-8-22)14-5-4-6-15(9-14)16-11-20-18-10-17(19(24)25)21-23(18)12-16/h4-6,9-13H,2-3,7-8H2,1H3,(H,24,25)/t13-/m1/s1. The number of aromatic nitrogens is 3. The third kappa shape index (κ3) is 3.00. The second-order valence-corrected chi connectivity index (χ2v) is 6.52. The Balaban J connectivity index is 1.68. The molecule has 6 heteroatoms. The molecule has 0 unspecified atom stereocenters. The zero-order chi connectivity index (χ0) is 17.4. The summed E-state index contributed by atoms with van der Waals surface area (Å²) in [4.78, 5) is 17.9. The van der Waals surface area contributed by atoms with E-state index in [0.29, 0.717) is 11.7 Å². The van der Waals surface area contributed by atoms with Crippen molar-refractivity contribution in [3.05, 3.63) is 54.0 Å². The van der Waals surface area contributed by atoms with Gasteiger partial charge < -0.3 is 5.11 Å². The maximum atomic E-state index is 11.1. The first-order valence-electron chi connectivity index (χ1n) is 8.55. The van der Waals surface area contributed by atoms with Gasteiger partial charge in [-0.2, -0.15) is 5.10 Å². The van der Waals surface area contributed by atoms with Crippen LogP contribution in [0.2, 0.25) is 0 Å². The highest BCUT2D eigenvalue weighted by Crippen LogP contribution is 2.28. The molecular formula is C19H20N4O2. The Hall–Kier alpha value is -2.73. The summed E-state index contributed by atoms with van der Waals surface area (Å²) in [5.41, 5.74) is 3.79. The number of hydrogen-bond donors (Lipinski definition) is 1. The maximum absolute atomic E-state index is 11.1. The third-order valence-electron chi connectivity index (χ3n) is 4.92. The highest BCUT2D eigenvalue weighted by atomic mass is 16.4. The number of likely N-dealkylation sites (tertiary alicyclic amines) is 1. The lowest BCUT2D eigenvalue weighted by Crippen LogP contribution is -2.23. The number of rotatable bonds is 4. The lowest BCUT2D eigenvalue weighted by atomic mass is 10.0. The molecule has 1 aliphatic heterocycles. The van der Waals surface area contributed by atoms with Crippen LogP contribution in [0, 0.1) is 0 Å². The van der Waals surface area contributed by atoms with Gasteiger partial charge in [-0.3, -0.25) is 4.90 Å². The molecule has 1 N–H and O–H groups in total. The second kappa shape index (κ2) is 6.29. The summed E-state index contributed by atoms with van der Waals surface area (Å²) in [5.74, 6) is -1.05. The van der Waals surface area contributed by atoms with Gasteiger partial charge in [0.15, 0.2) is 11.3 Å². The predicted molar refractivity (Wildman–Crippen MR) is 94.6 cm³/mol. The van der Waals surface area contributed by atoms with Crippen LogP contribution in [0.1, 0.15) is 41.9 Å². The van der Waals surface area contributed by atoms with Crippen molar-refractivity contribution in [3.8, 4) is 11.1 Å². The number of aromatic carboxylic acids is 1. The third-order valence-corrected chi connectivity index (χ3v) is 4.92. The van der Waals surface area contributed by atoms with E-state index in [1.807, 2.05) is 12.3 Å². The van der Waals surface area contributed by atoms with Gasteiger partial charge in [0.25, 0.3) is 0 Å². The Kier molecular flexibility index (Phi) is 3.97. The summed E-state index contributed by atoms with van der Waals surface area (Å²) in [5, 5.41) is 13.1. The lowest BCUT2D eigenvalue weighted by Gasteiger charge is -2.24. The Morgan fingerprint density at radius 2 is 2.00 bits per heavy atom. The molecule has 0 bridgehead atoms. The Labute approximate surface area is 145 Å². The zero-order valence-electron chi connectivity index (χ0n) is 14.1. The normalized spacial score (nSPS) is 16.4. The fourth-order valence-electron chi connectivity index (χ4n) is 3.45. The maximum Gasteiger partial charge on any atom is 0.356 e. The van der Waals surface area contributed by atoms with Crippen LogP contribution in [0.4, 0.5) is 0 Å². The molecule has 0 radical (unpaired) electrons. The molecule has 0 saturated carbocycles. The quantitative estimate of drug-likeness (QED) is 0.792. The van der Waals surface area contributed by atoms with Crippen LogP contribution < -0.4 is 0 Å². The van der Waals surface area contributed by atoms with Gasteiger partial charge in [-0.05, 0) is 50.0 Å². The molecule has 1 saturated heterocycles. The van der Waals surface area contributed by atoms with Gasteiger partial charge >= 0.3 is 5.97 Å². The molecule has 2 aromatic heterocycles. The van der Waals surface area contributed by atoms with Crippen LogP contribution in [0.5, 0.6) is 0 Å². The predicted octanol–water partition coefficient (Wildman–Crippen LogP) is 3.25. The number of carboxylic acid groups (broad SMARTS) is 1.